The van der Waals surface area contributed by atoms with E-state index in [2.05, 4.69) is 25.0 Å². The first-order valence-corrected chi connectivity index (χ1v) is 10.2. The predicted molar refractivity (Wildman–Crippen MR) is 119 cm³/mol. The van der Waals surface area contributed by atoms with Crippen LogP contribution in [0.3, 0.4) is 0 Å². The Morgan fingerprint density at radius 1 is 1.11 bits per heavy atom. The van der Waals surface area contributed by atoms with Crippen molar-refractivity contribution in [1.29, 1.82) is 0 Å². The van der Waals surface area contributed by atoms with Crippen molar-refractivity contribution < 1.29 is 27.5 Å². The summed E-state index contributed by atoms with van der Waals surface area (Å²) in [4.78, 5) is 36.8. The van der Waals surface area contributed by atoms with E-state index in [1.165, 1.54) is 42.8 Å². The number of benzene rings is 1. The molecule has 0 unspecified atom stereocenters. The lowest BCUT2D eigenvalue weighted by molar-refractivity contribution is -0.122. The molecule has 3 aromatic heterocycles. The number of carbonyl (C=O) groups excluding carboxylic acids is 2. The third-order valence-corrected chi connectivity index (χ3v) is 5.14. The van der Waals surface area contributed by atoms with Gasteiger partial charge >= 0.3 is 6.61 Å². The maximum atomic E-state index is 13.4. The Morgan fingerprint density at radius 3 is 2.49 bits per heavy atom. The number of alkyl halides is 2. The summed E-state index contributed by atoms with van der Waals surface area (Å²) in [5, 5.41) is 2.54. The van der Waals surface area contributed by atoms with Gasteiger partial charge in [-0.15, -0.1) is 0 Å². The van der Waals surface area contributed by atoms with Crippen LogP contribution in [0.25, 0.3) is 28.1 Å². The molecule has 12 heteroatoms. The van der Waals surface area contributed by atoms with E-state index < -0.39 is 29.8 Å². The minimum absolute atomic E-state index is 0.0545. The molecular weight excluding hydrogens is 465 g/mol. The highest BCUT2D eigenvalue weighted by atomic mass is 19.3. The van der Waals surface area contributed by atoms with Crippen molar-refractivity contribution in [1.82, 2.24) is 24.8 Å². The number of nitrogens with two attached hydrogens (primary N) is 1. The monoisotopic (exact) mass is 484 g/mol. The molecule has 0 saturated heterocycles. The summed E-state index contributed by atoms with van der Waals surface area (Å²) in [5.41, 5.74) is 5.87. The van der Waals surface area contributed by atoms with Crippen molar-refractivity contribution >= 4 is 22.8 Å². The maximum Gasteiger partial charge on any atom is 0.387 e. The second kappa shape index (κ2) is 9.05. The average molecular weight is 484 g/mol. The van der Waals surface area contributed by atoms with Crippen LogP contribution in [-0.4, -0.2) is 43.5 Å². The van der Waals surface area contributed by atoms with Crippen LogP contribution < -0.4 is 15.8 Å². The van der Waals surface area contributed by atoms with Crippen molar-refractivity contribution in [2.24, 2.45) is 5.73 Å². The van der Waals surface area contributed by atoms with E-state index in [1.54, 1.807) is 18.3 Å². The van der Waals surface area contributed by atoms with Gasteiger partial charge in [-0.1, -0.05) is 12.1 Å². The molecule has 2 amide bonds. The molecular formula is C23H19F3N6O3. The van der Waals surface area contributed by atoms with Gasteiger partial charge in [0, 0.05) is 18.0 Å². The fourth-order valence-corrected chi connectivity index (χ4v) is 3.29. The highest BCUT2D eigenvalue weighted by Crippen LogP contribution is 2.33. The Balaban J connectivity index is 1.86. The van der Waals surface area contributed by atoms with E-state index in [1.807, 2.05) is 0 Å². The van der Waals surface area contributed by atoms with Gasteiger partial charge in [0.1, 0.15) is 11.3 Å². The number of primary amides is 1. The van der Waals surface area contributed by atoms with Gasteiger partial charge in [0.05, 0.1) is 29.0 Å². The molecule has 0 atom stereocenters. The summed E-state index contributed by atoms with van der Waals surface area (Å²) < 4.78 is 44.8. The van der Waals surface area contributed by atoms with Gasteiger partial charge in [0.15, 0.2) is 5.82 Å². The number of nitrogens with one attached hydrogen (secondary N) is 1. The largest absolute Gasteiger partial charge is 0.435 e. The zero-order chi connectivity index (χ0) is 25.3. The lowest BCUT2D eigenvalue weighted by Gasteiger charge is -2.22. The van der Waals surface area contributed by atoms with E-state index in [0.29, 0.717) is 22.2 Å². The highest BCUT2D eigenvalue weighted by molar-refractivity contribution is 6.02. The molecule has 0 aliphatic heterocycles. The van der Waals surface area contributed by atoms with Crippen LogP contribution in [0.1, 0.15) is 24.2 Å². The van der Waals surface area contributed by atoms with E-state index in [9.17, 15) is 22.8 Å². The fourth-order valence-electron chi connectivity index (χ4n) is 3.29. The first kappa shape index (κ1) is 23.7. The van der Waals surface area contributed by atoms with Gasteiger partial charge in [0.2, 0.25) is 11.9 Å². The zero-order valence-electron chi connectivity index (χ0n) is 18.5. The number of rotatable bonds is 7. The van der Waals surface area contributed by atoms with Crippen molar-refractivity contribution in [2.75, 3.05) is 0 Å². The third kappa shape index (κ3) is 4.90. The smallest absolute Gasteiger partial charge is 0.387 e. The number of carbonyl (C=O) groups is 2. The van der Waals surface area contributed by atoms with Crippen molar-refractivity contribution in [3.8, 4) is 22.8 Å². The normalized spacial score (nSPS) is 11.6. The van der Waals surface area contributed by atoms with Crippen LogP contribution in [-0.2, 0) is 4.79 Å². The number of hydrogen-bond donors (Lipinski definition) is 2. The number of aromatic nitrogens is 4. The highest BCUT2D eigenvalue weighted by Gasteiger charge is 2.28. The lowest BCUT2D eigenvalue weighted by atomic mass is 10.0. The average Bonchev–Trinajstić information content (AvgIpc) is 3.18. The van der Waals surface area contributed by atoms with Crippen molar-refractivity contribution in [2.45, 2.75) is 26.0 Å². The van der Waals surface area contributed by atoms with Gasteiger partial charge in [-0.05, 0) is 37.6 Å². The second-order valence-corrected chi connectivity index (χ2v) is 8.06. The Labute approximate surface area is 196 Å². The lowest BCUT2D eigenvalue weighted by Crippen LogP contribution is -2.53. The second-order valence-electron chi connectivity index (χ2n) is 8.06. The molecule has 0 spiro atoms. The van der Waals surface area contributed by atoms with E-state index in [4.69, 9.17) is 5.73 Å². The number of hydrogen-bond acceptors (Lipinski definition) is 6. The Hall–Kier alpha value is -4.48. The van der Waals surface area contributed by atoms with Gasteiger partial charge in [-0.2, -0.15) is 8.78 Å². The standard InChI is InChI=1S/C23H19F3N6O3/c1-23(2,20(27)34)31-19(33)13-7-17-18(28-8-13)16(11-32(17)22-29-9-14(24)10-30-22)12-4-3-5-15(6-12)35-21(25)26/h3-11,21H,1-2H3,(H2,27,34)(H,31,33). The van der Waals surface area contributed by atoms with Gasteiger partial charge < -0.3 is 15.8 Å². The number of halogens is 3. The molecule has 0 saturated carbocycles. The summed E-state index contributed by atoms with van der Waals surface area (Å²) >= 11 is 0. The Morgan fingerprint density at radius 2 is 1.83 bits per heavy atom. The third-order valence-electron chi connectivity index (χ3n) is 5.14. The molecule has 4 rings (SSSR count). The minimum Gasteiger partial charge on any atom is -0.435 e. The molecule has 1 aromatic carbocycles. The van der Waals surface area contributed by atoms with Crippen LogP contribution in [0.15, 0.2) is 55.1 Å². The number of ether oxygens (including phenoxy) is 1. The first-order valence-electron chi connectivity index (χ1n) is 10.2. The van der Waals surface area contributed by atoms with Gasteiger partial charge in [-0.3, -0.25) is 19.1 Å². The minimum atomic E-state index is -3.00. The molecule has 0 bridgehead atoms. The first-order chi connectivity index (χ1) is 16.5. The molecule has 3 heterocycles. The molecule has 0 fully saturated rings. The van der Waals surface area contributed by atoms with Crippen LogP contribution >= 0.6 is 0 Å². The van der Waals surface area contributed by atoms with Crippen molar-refractivity contribution in [3.05, 3.63) is 66.5 Å². The molecule has 3 N–H and O–H groups in total. The molecule has 0 radical (unpaired) electrons. The van der Waals surface area contributed by atoms with E-state index in [0.717, 1.165) is 12.4 Å². The molecule has 180 valence electrons. The molecule has 0 aliphatic rings. The Bertz CT molecular complexity index is 1420. The number of pyridine rings is 1. The number of nitrogens with zero attached hydrogens (tertiary/aromatic N) is 4. The van der Waals surface area contributed by atoms with Crippen molar-refractivity contribution in [3.63, 3.8) is 0 Å². The summed E-state index contributed by atoms with van der Waals surface area (Å²) in [7, 11) is 0. The maximum absolute atomic E-state index is 13.4. The topological polar surface area (TPSA) is 125 Å². The number of amides is 2. The number of fused-ring (bicyclic) bond motifs is 1. The van der Waals surface area contributed by atoms with Crippen LogP contribution in [0, 0.1) is 5.82 Å². The summed E-state index contributed by atoms with van der Waals surface area (Å²) in [6.45, 7) is -0.0789. The summed E-state index contributed by atoms with van der Waals surface area (Å²) in [6.07, 6.45) is 4.84. The zero-order valence-corrected chi connectivity index (χ0v) is 18.5. The van der Waals surface area contributed by atoms with Gasteiger partial charge in [-0.25, -0.2) is 14.4 Å². The predicted octanol–water partition coefficient (Wildman–Crippen LogP) is 3.22. The summed E-state index contributed by atoms with van der Waals surface area (Å²) in [6, 6.07) is 7.49. The van der Waals surface area contributed by atoms with E-state index >= 15 is 0 Å². The van der Waals surface area contributed by atoms with Crippen LogP contribution in [0.2, 0.25) is 0 Å². The van der Waals surface area contributed by atoms with E-state index in [-0.39, 0.29) is 17.3 Å². The quantitative estimate of drug-likeness (QED) is 0.415. The molecule has 35 heavy (non-hydrogen) atoms. The van der Waals surface area contributed by atoms with Crippen LogP contribution in [0.4, 0.5) is 13.2 Å². The Kier molecular flexibility index (Phi) is 6.12. The molecule has 0 aliphatic carbocycles. The molecule has 4 aromatic rings. The fraction of sp³-hybridized carbons (Fsp3) is 0.174. The van der Waals surface area contributed by atoms with Gasteiger partial charge in [0.25, 0.3) is 5.91 Å². The molecule has 9 nitrogen and oxygen atoms in total. The SMILES string of the molecule is CC(C)(NC(=O)c1cnc2c(-c3cccc(OC(F)F)c3)cn(-c3ncc(F)cn3)c2c1)C(N)=O. The summed E-state index contributed by atoms with van der Waals surface area (Å²) in [5.74, 6) is -1.95. The van der Waals surface area contributed by atoms with Crippen LogP contribution in [0.5, 0.6) is 5.75 Å².